The lowest BCUT2D eigenvalue weighted by molar-refractivity contribution is -0.135. The van der Waals surface area contributed by atoms with E-state index in [1.54, 1.807) is 4.90 Å². The highest BCUT2D eigenvalue weighted by Crippen LogP contribution is 2.20. The predicted octanol–water partition coefficient (Wildman–Crippen LogP) is 0.747. The summed E-state index contributed by atoms with van der Waals surface area (Å²) in [6.45, 7) is 8.13. The van der Waals surface area contributed by atoms with Gasteiger partial charge in [-0.05, 0) is 5.41 Å². The lowest BCUT2D eigenvalue weighted by atomic mass is 9.91. The molecule has 0 aromatic carbocycles. The summed E-state index contributed by atoms with van der Waals surface area (Å²) < 4.78 is 0. The Hall–Kier alpha value is -1.08. The highest BCUT2D eigenvalue weighted by molar-refractivity contribution is 5.77. The first-order valence-electron chi connectivity index (χ1n) is 5.34. The van der Waals surface area contributed by atoms with Crippen molar-refractivity contribution in [1.29, 1.82) is 5.26 Å². The molecule has 1 N–H and O–H groups in total. The Morgan fingerprint density at radius 1 is 1.60 bits per heavy atom. The summed E-state index contributed by atoms with van der Waals surface area (Å²) >= 11 is 0. The molecule has 1 atom stereocenters. The van der Waals surface area contributed by atoms with Crippen LogP contribution in [0.2, 0.25) is 0 Å². The van der Waals surface area contributed by atoms with Crippen LogP contribution in [0.5, 0.6) is 0 Å². The number of nitrogens with zero attached hydrogens (tertiary/aromatic N) is 2. The minimum atomic E-state index is -0.298. The average Bonchev–Trinajstić information content (AvgIpc) is 2.15. The van der Waals surface area contributed by atoms with Crippen molar-refractivity contribution in [3.8, 4) is 6.07 Å². The first-order chi connectivity index (χ1) is 6.94. The standard InChI is InChI=1S/C11H19N3O/c1-11(2,3)6-10(15)14-5-4-13-8-9(14)7-12/h9,13H,4-6,8H2,1-3H3. The molecular weight excluding hydrogens is 190 g/mol. The van der Waals surface area contributed by atoms with Gasteiger partial charge in [0.1, 0.15) is 6.04 Å². The SMILES string of the molecule is CC(C)(C)CC(=O)N1CCNCC1C#N. The predicted molar refractivity (Wildman–Crippen MR) is 58.1 cm³/mol. The van der Waals surface area contributed by atoms with Crippen molar-refractivity contribution in [2.45, 2.75) is 33.2 Å². The van der Waals surface area contributed by atoms with E-state index in [9.17, 15) is 4.79 Å². The maximum atomic E-state index is 11.9. The second-order valence-electron chi connectivity index (χ2n) is 5.17. The Balaban J connectivity index is 2.61. The van der Waals surface area contributed by atoms with Crippen LogP contribution in [-0.2, 0) is 4.79 Å². The van der Waals surface area contributed by atoms with Crippen LogP contribution in [0.25, 0.3) is 0 Å². The first kappa shape index (κ1) is 12.0. The van der Waals surface area contributed by atoms with E-state index in [4.69, 9.17) is 5.26 Å². The van der Waals surface area contributed by atoms with Crippen LogP contribution in [0.4, 0.5) is 0 Å². The molecule has 4 heteroatoms. The van der Waals surface area contributed by atoms with Gasteiger partial charge in [0.2, 0.25) is 5.91 Å². The molecule has 1 fully saturated rings. The van der Waals surface area contributed by atoms with Crippen LogP contribution in [-0.4, -0.2) is 36.5 Å². The highest BCUT2D eigenvalue weighted by atomic mass is 16.2. The molecule has 0 aliphatic carbocycles. The lowest BCUT2D eigenvalue weighted by Gasteiger charge is -2.33. The van der Waals surface area contributed by atoms with Crippen molar-refractivity contribution < 1.29 is 4.79 Å². The van der Waals surface area contributed by atoms with Crippen LogP contribution in [0.15, 0.2) is 0 Å². The summed E-state index contributed by atoms with van der Waals surface area (Å²) in [7, 11) is 0. The third kappa shape index (κ3) is 3.52. The summed E-state index contributed by atoms with van der Waals surface area (Å²) in [5.74, 6) is 0.0931. The Kier molecular flexibility index (Phi) is 3.70. The Morgan fingerprint density at radius 3 is 2.80 bits per heavy atom. The molecule has 0 aromatic rings. The Labute approximate surface area is 91.2 Å². The van der Waals surface area contributed by atoms with E-state index < -0.39 is 0 Å². The maximum Gasteiger partial charge on any atom is 0.224 e. The van der Waals surface area contributed by atoms with E-state index in [0.29, 0.717) is 19.5 Å². The summed E-state index contributed by atoms with van der Waals surface area (Å²) in [5.41, 5.74) is -0.0119. The molecule has 1 heterocycles. The van der Waals surface area contributed by atoms with Crippen molar-refractivity contribution in [2.75, 3.05) is 19.6 Å². The molecule has 0 aromatic heterocycles. The molecule has 1 aliphatic rings. The second kappa shape index (κ2) is 4.63. The number of hydrogen-bond donors (Lipinski definition) is 1. The van der Waals surface area contributed by atoms with Crippen molar-refractivity contribution in [2.24, 2.45) is 5.41 Å². The van der Waals surface area contributed by atoms with Gasteiger partial charge in [0.15, 0.2) is 0 Å². The van der Waals surface area contributed by atoms with Crippen LogP contribution in [0, 0.1) is 16.7 Å². The van der Waals surface area contributed by atoms with Gasteiger partial charge >= 0.3 is 0 Å². The van der Waals surface area contributed by atoms with Gasteiger partial charge in [-0.25, -0.2) is 0 Å². The van der Waals surface area contributed by atoms with Gasteiger partial charge in [0, 0.05) is 26.1 Å². The zero-order valence-electron chi connectivity index (χ0n) is 9.71. The van der Waals surface area contributed by atoms with E-state index in [1.165, 1.54) is 0 Å². The van der Waals surface area contributed by atoms with Crippen LogP contribution in [0.1, 0.15) is 27.2 Å². The lowest BCUT2D eigenvalue weighted by Crippen LogP contribution is -2.53. The highest BCUT2D eigenvalue weighted by Gasteiger charge is 2.28. The molecule has 4 nitrogen and oxygen atoms in total. The van der Waals surface area contributed by atoms with Crippen LogP contribution >= 0.6 is 0 Å². The zero-order valence-corrected chi connectivity index (χ0v) is 9.71. The topological polar surface area (TPSA) is 56.1 Å². The van der Waals surface area contributed by atoms with E-state index >= 15 is 0 Å². The van der Waals surface area contributed by atoms with Crippen molar-refractivity contribution in [3.63, 3.8) is 0 Å². The minimum absolute atomic E-state index is 0.0119. The number of piperazine rings is 1. The smallest absolute Gasteiger partial charge is 0.224 e. The van der Waals surface area contributed by atoms with Crippen LogP contribution < -0.4 is 5.32 Å². The molecule has 1 unspecified atom stereocenters. The molecular formula is C11H19N3O. The fourth-order valence-corrected chi connectivity index (χ4v) is 1.67. The summed E-state index contributed by atoms with van der Waals surface area (Å²) in [6, 6.07) is 1.87. The number of amides is 1. The minimum Gasteiger partial charge on any atom is -0.324 e. The maximum absolute atomic E-state index is 11.9. The monoisotopic (exact) mass is 209 g/mol. The number of carbonyl (C=O) groups excluding carboxylic acids is 1. The van der Waals surface area contributed by atoms with E-state index in [0.717, 1.165) is 6.54 Å². The summed E-state index contributed by atoms with van der Waals surface area (Å²) in [4.78, 5) is 13.6. The van der Waals surface area contributed by atoms with Gasteiger partial charge in [0.05, 0.1) is 6.07 Å². The summed E-state index contributed by atoms with van der Waals surface area (Å²) in [6.07, 6.45) is 0.505. The summed E-state index contributed by atoms with van der Waals surface area (Å²) in [5, 5.41) is 12.0. The first-order valence-corrected chi connectivity index (χ1v) is 5.34. The van der Waals surface area contributed by atoms with Crippen molar-refractivity contribution in [1.82, 2.24) is 10.2 Å². The Bertz CT molecular complexity index is 275. The third-order valence-electron chi connectivity index (χ3n) is 2.39. The molecule has 1 rings (SSSR count). The van der Waals surface area contributed by atoms with Gasteiger partial charge in [-0.2, -0.15) is 5.26 Å². The van der Waals surface area contributed by atoms with Gasteiger partial charge in [-0.15, -0.1) is 0 Å². The van der Waals surface area contributed by atoms with E-state index in [1.807, 2.05) is 20.8 Å². The number of nitrogens with one attached hydrogen (secondary N) is 1. The average molecular weight is 209 g/mol. The normalized spacial score (nSPS) is 22.3. The molecule has 15 heavy (non-hydrogen) atoms. The molecule has 0 radical (unpaired) electrons. The number of carbonyl (C=O) groups is 1. The van der Waals surface area contributed by atoms with Gasteiger partial charge in [-0.1, -0.05) is 20.8 Å². The van der Waals surface area contributed by atoms with E-state index in [2.05, 4.69) is 11.4 Å². The molecule has 1 amide bonds. The van der Waals surface area contributed by atoms with Gasteiger partial charge in [-0.3, -0.25) is 4.79 Å². The fourth-order valence-electron chi connectivity index (χ4n) is 1.67. The second-order valence-corrected chi connectivity index (χ2v) is 5.17. The molecule has 1 aliphatic heterocycles. The van der Waals surface area contributed by atoms with Gasteiger partial charge in [0.25, 0.3) is 0 Å². The van der Waals surface area contributed by atoms with E-state index in [-0.39, 0.29) is 17.4 Å². The number of nitriles is 1. The molecule has 0 bridgehead atoms. The van der Waals surface area contributed by atoms with Crippen molar-refractivity contribution >= 4 is 5.91 Å². The number of hydrogen-bond acceptors (Lipinski definition) is 3. The number of rotatable bonds is 1. The molecule has 0 spiro atoms. The largest absolute Gasteiger partial charge is 0.324 e. The quantitative estimate of drug-likeness (QED) is 0.693. The zero-order chi connectivity index (χ0) is 11.5. The van der Waals surface area contributed by atoms with Gasteiger partial charge < -0.3 is 10.2 Å². The van der Waals surface area contributed by atoms with Crippen molar-refractivity contribution in [3.05, 3.63) is 0 Å². The molecule has 0 saturated carbocycles. The third-order valence-corrected chi connectivity index (χ3v) is 2.39. The molecule has 84 valence electrons. The fraction of sp³-hybridized carbons (Fsp3) is 0.818. The molecule has 1 saturated heterocycles. The Morgan fingerprint density at radius 2 is 2.27 bits per heavy atom. The van der Waals surface area contributed by atoms with Crippen LogP contribution in [0.3, 0.4) is 0 Å².